The molecule has 0 amide bonds. The molecule has 0 aliphatic rings. The molecule has 92 heavy (non-hydrogen) atoms. The molecule has 2 aromatic heterocycles. The van der Waals surface area contributed by atoms with E-state index >= 15 is 0 Å². The maximum atomic E-state index is 9.82. The first-order valence-corrected chi connectivity index (χ1v) is 27.1. The summed E-state index contributed by atoms with van der Waals surface area (Å²) in [5.41, 5.74) is -13.3. The Morgan fingerprint density at radius 3 is 0.826 bits per heavy atom. The third-order valence-electron chi connectivity index (χ3n) is 14.7. The SMILES string of the molecule is [2H]c1c([2H])c([2H])c(-c2c([2H])c([2H])c(-c3c([2H])c([2H])c(-c4c5c([2H])c([2H])c([2H])c([2H])c5c(-c5c([2H])c([2H])c6oc7c8c([2H])c([2H])c([2H])c([2H])c8c([2H])c([2H])c7c6c5[2H])c5c([2H])c([2H])c([2H])c([2H])c45)c([2H])c3[2H])c([2H])c2[2H])c([2H])c1[2H].[2H]c1c([2H])c([2H])c(-c2c([2H])c([2H])c([2H])c(-c3c4c([2H])c([2H])c([2H])c([2H])c4c(-c4c([2H])c([2H])c5oc6c7c([2H])c([2H])c([2H])c([2H])c7c([2H])c([2H])c6c5c4[2H])c4c([2H])c([2H])c([2H])c([2H])c34)c2[2H])c([2H])c1[2H]. The Balaban J connectivity index is 0.000000195. The van der Waals surface area contributed by atoms with Gasteiger partial charge in [-0.3, -0.25) is 0 Å². The van der Waals surface area contributed by atoms with Gasteiger partial charge in [-0.15, -0.1) is 0 Å². The van der Waals surface area contributed by atoms with Gasteiger partial charge in [-0.1, -0.05) is 296 Å². The van der Waals surface area contributed by atoms with Crippen LogP contribution < -0.4 is 0 Å². The van der Waals surface area contributed by atoms with E-state index in [1.165, 1.54) is 0 Å². The van der Waals surface area contributed by atoms with Gasteiger partial charge in [0.25, 0.3) is 0 Å². The molecule has 19 rings (SSSR count). The summed E-state index contributed by atoms with van der Waals surface area (Å²) in [6.07, 6.45) is 0. The summed E-state index contributed by atoms with van der Waals surface area (Å²) in [5.74, 6) is 0. The quantitative estimate of drug-likeness (QED) is 0.149. The first-order chi connectivity index (χ1) is 69.0. The molecule has 0 saturated carbocycles. The minimum absolute atomic E-state index is 0.406. The Kier molecular flexibility index (Phi) is 5.06. The standard InChI is InChI=1S/C48H30O.C42H26O/c1-2-10-31(11-3-1)32-18-20-33(21-19-32)34-22-24-36(25-23-34)46-39-14-6-8-16-41(39)47(42-17-9-7-15-40(42)46)37-27-29-45-44(30-37)43-28-26-35-12-4-5-13-38(35)48(43)49-45;1-2-11-27(12-3-1)29-14-10-15-30(25-29)40-33-17-6-8-19-35(33)41(36-20-9-7-18-34(36)40)31-22-24-39-38(26-31)37-23-21-28-13-4-5-16-32(28)42(37)43-39/h1-30H;1-26H/i1D,2D,3D,4D,5D,6D,7D,8D,9D,10D,11D,12D,13D,14D,15D,16D,17D,18D,19D,20D,21D,22D,23D,24D,25D,26D,27D,28D,29D,30D;1D,2D,3D,4D,5D,6D,7D,8D,9D,10D,11D,12D,13D,14D,15D,16D,17D,18D,19D,20D,21D,22D,23D,24D,25D,26D. The fourth-order valence-corrected chi connectivity index (χ4v) is 10.8. The highest BCUT2D eigenvalue weighted by Gasteiger charge is 2.21. The molecule has 2 heterocycles. The van der Waals surface area contributed by atoms with E-state index in [2.05, 4.69) is 0 Å². The van der Waals surface area contributed by atoms with Gasteiger partial charge in [0.1, 0.15) is 22.3 Å². The summed E-state index contributed by atoms with van der Waals surface area (Å²) in [7, 11) is 0. The second kappa shape index (κ2) is 21.9. The Hall–Kier alpha value is -12.1. The average molecular weight is 1230 g/mol. The van der Waals surface area contributed by atoms with E-state index in [0.29, 0.717) is 0 Å². The van der Waals surface area contributed by atoms with E-state index in [1.807, 2.05) is 0 Å². The zero-order valence-corrected chi connectivity index (χ0v) is 45.8. The molecule has 0 fully saturated rings. The highest BCUT2D eigenvalue weighted by atomic mass is 16.3. The second-order valence-corrected chi connectivity index (χ2v) is 19.8. The molecule has 0 N–H and O–H groups in total. The van der Waals surface area contributed by atoms with Crippen LogP contribution in [-0.4, -0.2) is 0 Å². The minimum Gasteiger partial charge on any atom is -0.455 e. The Bertz CT molecular complexity index is 9370. The molecule has 17 aromatic carbocycles. The van der Waals surface area contributed by atoms with Crippen LogP contribution in [0.25, 0.3) is 186 Å². The number of rotatable bonds is 7. The number of furan rings is 2. The Morgan fingerprint density at radius 2 is 0.435 bits per heavy atom. The molecule has 0 aliphatic carbocycles. The van der Waals surface area contributed by atoms with E-state index in [9.17, 15) is 27.4 Å². The summed E-state index contributed by atoms with van der Waals surface area (Å²) in [6.45, 7) is 0. The van der Waals surface area contributed by atoms with Gasteiger partial charge < -0.3 is 8.83 Å². The van der Waals surface area contributed by atoms with E-state index in [-0.39, 0.29) is 0 Å². The zero-order chi connectivity index (χ0) is 109. The maximum Gasteiger partial charge on any atom is 0.143 e. The summed E-state index contributed by atoms with van der Waals surface area (Å²) in [4.78, 5) is 0. The zero-order valence-electron chi connectivity index (χ0n) is 102. The second-order valence-electron chi connectivity index (χ2n) is 19.8. The molecule has 0 spiro atoms. The lowest BCUT2D eigenvalue weighted by Gasteiger charge is -2.18. The van der Waals surface area contributed by atoms with Gasteiger partial charge in [0, 0.05) is 32.3 Å². The first kappa shape index (κ1) is 21.3. The molecule has 2 heteroatoms. The van der Waals surface area contributed by atoms with Crippen molar-refractivity contribution in [1.29, 1.82) is 0 Å². The van der Waals surface area contributed by atoms with Crippen molar-refractivity contribution in [2.24, 2.45) is 0 Å². The molecule has 19 aromatic rings. The van der Waals surface area contributed by atoms with E-state index in [4.69, 9.17) is 58.2 Å². The average Bonchev–Trinajstić information content (AvgIpc) is 0.883. The van der Waals surface area contributed by atoms with Crippen molar-refractivity contribution in [1.82, 2.24) is 0 Å². The molecule has 0 aliphatic heterocycles. The third-order valence-corrected chi connectivity index (χ3v) is 14.7. The Labute approximate surface area is 610 Å². The third kappa shape index (κ3) is 8.87. The van der Waals surface area contributed by atoms with Crippen molar-refractivity contribution in [3.05, 3.63) is 338 Å². The van der Waals surface area contributed by atoms with Crippen molar-refractivity contribution < 1.29 is 85.6 Å². The fourth-order valence-electron chi connectivity index (χ4n) is 10.8. The summed E-state index contributed by atoms with van der Waals surface area (Å²) in [6, 6.07) is -52.1. The maximum absolute atomic E-state index is 9.82. The van der Waals surface area contributed by atoms with Gasteiger partial charge in [-0.2, -0.15) is 0 Å². The molecular weight excluding hydrogens is 1110 g/mol. The van der Waals surface area contributed by atoms with Gasteiger partial charge in [-0.25, -0.2) is 0 Å². The van der Waals surface area contributed by atoms with Crippen molar-refractivity contribution in [2.75, 3.05) is 0 Å². The predicted molar refractivity (Wildman–Crippen MR) is 391 cm³/mol. The van der Waals surface area contributed by atoms with E-state index in [0.717, 1.165) is 0 Å². The number of hydrogen-bond acceptors (Lipinski definition) is 2. The van der Waals surface area contributed by atoms with Crippen LogP contribution in [0.2, 0.25) is 0 Å². The lowest BCUT2D eigenvalue weighted by Crippen LogP contribution is -1.91. The van der Waals surface area contributed by atoms with Crippen LogP contribution in [0.1, 0.15) is 76.8 Å². The monoisotopic (exact) mass is 1220 g/mol. The van der Waals surface area contributed by atoms with Crippen LogP contribution in [0.15, 0.2) is 347 Å². The first-order valence-electron chi connectivity index (χ1n) is 55.1. The van der Waals surface area contributed by atoms with Gasteiger partial charge in [0.2, 0.25) is 0 Å². The number of benzene rings is 17. The smallest absolute Gasteiger partial charge is 0.143 e. The molecule has 0 radical (unpaired) electrons. The summed E-state index contributed by atoms with van der Waals surface area (Å²) < 4.78 is 512. The molecule has 0 saturated heterocycles. The van der Waals surface area contributed by atoms with Crippen LogP contribution in [0.3, 0.4) is 0 Å². The van der Waals surface area contributed by atoms with Crippen molar-refractivity contribution in [2.45, 2.75) is 0 Å². The van der Waals surface area contributed by atoms with E-state index in [1.54, 1.807) is 0 Å². The lowest BCUT2D eigenvalue weighted by molar-refractivity contribution is 0.672. The van der Waals surface area contributed by atoms with Gasteiger partial charge in [0.05, 0.1) is 76.8 Å². The molecule has 0 unspecified atom stereocenters. The molecule has 2 nitrogen and oxygen atoms in total. The number of fused-ring (bicyclic) bond motifs is 14. The highest BCUT2D eigenvalue weighted by molar-refractivity contribution is 6.25. The van der Waals surface area contributed by atoms with Crippen molar-refractivity contribution >= 4 is 109 Å². The van der Waals surface area contributed by atoms with Gasteiger partial charge in [-0.05, 0) is 174 Å². The van der Waals surface area contributed by atoms with Crippen LogP contribution in [0.5, 0.6) is 0 Å². The normalized spacial score (nSPS) is 20.2. The summed E-state index contributed by atoms with van der Waals surface area (Å²) in [5, 5.41) is -9.68. The fraction of sp³-hybridized carbons (Fsp3) is 0. The highest BCUT2D eigenvalue weighted by Crippen LogP contribution is 2.48. The van der Waals surface area contributed by atoms with Crippen LogP contribution in [-0.2, 0) is 0 Å². The van der Waals surface area contributed by atoms with Crippen LogP contribution in [0.4, 0.5) is 0 Å². The molecule has 0 atom stereocenters. The minimum atomic E-state index is -1.14. The van der Waals surface area contributed by atoms with Crippen molar-refractivity contribution in [3.8, 4) is 77.9 Å². The topological polar surface area (TPSA) is 26.3 Å². The van der Waals surface area contributed by atoms with Crippen LogP contribution in [0, 0.1) is 0 Å². The van der Waals surface area contributed by atoms with Crippen molar-refractivity contribution in [3.63, 3.8) is 0 Å². The van der Waals surface area contributed by atoms with Crippen LogP contribution >= 0.6 is 0 Å². The molecule has 428 valence electrons. The number of hydrogen-bond donors (Lipinski definition) is 0. The lowest BCUT2D eigenvalue weighted by atomic mass is 9.85. The van der Waals surface area contributed by atoms with Gasteiger partial charge >= 0.3 is 0 Å². The molecule has 0 bridgehead atoms. The molecular formula is C90H56O2. The Morgan fingerprint density at radius 1 is 0.163 bits per heavy atom. The van der Waals surface area contributed by atoms with E-state index < -0.39 is 525 Å². The predicted octanol–water partition coefficient (Wildman–Crippen LogP) is 25.8. The summed E-state index contributed by atoms with van der Waals surface area (Å²) >= 11 is 0. The van der Waals surface area contributed by atoms with Gasteiger partial charge in [0.15, 0.2) is 0 Å². The largest absolute Gasteiger partial charge is 0.455 e.